The SMILES string of the molecule is CCCc1cn2c(SCC)nc(-c3ccc(OC)c(OC)c3)cc2n1. The molecule has 0 fully saturated rings. The lowest BCUT2D eigenvalue weighted by Crippen LogP contribution is -1.97. The van der Waals surface area contributed by atoms with Crippen LogP contribution in [0.25, 0.3) is 16.9 Å². The molecule has 25 heavy (non-hydrogen) atoms. The molecule has 3 aromatic rings. The summed E-state index contributed by atoms with van der Waals surface area (Å²) in [5.74, 6) is 2.36. The Labute approximate surface area is 152 Å². The molecule has 0 spiro atoms. The monoisotopic (exact) mass is 357 g/mol. The van der Waals surface area contributed by atoms with E-state index in [2.05, 4.69) is 24.4 Å². The third-order valence-electron chi connectivity index (χ3n) is 3.93. The molecule has 0 aliphatic carbocycles. The fraction of sp³-hybridized carbons (Fsp3) is 0.368. The maximum absolute atomic E-state index is 5.42. The van der Waals surface area contributed by atoms with E-state index in [0.717, 1.165) is 46.3 Å². The van der Waals surface area contributed by atoms with E-state index in [4.69, 9.17) is 19.4 Å². The number of fused-ring (bicyclic) bond motifs is 1. The molecule has 0 N–H and O–H groups in total. The van der Waals surface area contributed by atoms with Crippen LogP contribution in [-0.4, -0.2) is 34.3 Å². The molecule has 3 rings (SSSR count). The highest BCUT2D eigenvalue weighted by atomic mass is 32.2. The number of hydrogen-bond donors (Lipinski definition) is 0. The molecule has 2 heterocycles. The van der Waals surface area contributed by atoms with Crippen molar-refractivity contribution in [1.29, 1.82) is 0 Å². The van der Waals surface area contributed by atoms with Gasteiger partial charge in [0.2, 0.25) is 0 Å². The fourth-order valence-corrected chi connectivity index (χ4v) is 3.47. The standard InChI is InChI=1S/C19H23N3O2S/c1-5-7-14-12-22-18(20-14)11-15(21-19(22)25-6-2)13-8-9-16(23-3)17(10-13)24-4/h8-12H,5-7H2,1-4H3. The van der Waals surface area contributed by atoms with Crippen LogP contribution in [0.2, 0.25) is 0 Å². The molecular weight excluding hydrogens is 334 g/mol. The van der Waals surface area contributed by atoms with E-state index in [9.17, 15) is 0 Å². The van der Waals surface area contributed by atoms with Gasteiger partial charge >= 0.3 is 0 Å². The van der Waals surface area contributed by atoms with Crippen LogP contribution in [0, 0.1) is 0 Å². The van der Waals surface area contributed by atoms with Crippen molar-refractivity contribution < 1.29 is 9.47 Å². The summed E-state index contributed by atoms with van der Waals surface area (Å²) < 4.78 is 12.8. The van der Waals surface area contributed by atoms with Gasteiger partial charge in [0.15, 0.2) is 16.7 Å². The topological polar surface area (TPSA) is 48.7 Å². The molecule has 0 radical (unpaired) electrons. The summed E-state index contributed by atoms with van der Waals surface area (Å²) in [6.07, 6.45) is 4.15. The summed E-state index contributed by atoms with van der Waals surface area (Å²) in [6, 6.07) is 7.88. The first-order chi connectivity index (χ1) is 12.2. The van der Waals surface area contributed by atoms with Gasteiger partial charge in [0.25, 0.3) is 0 Å². The first-order valence-electron chi connectivity index (χ1n) is 8.44. The molecule has 0 unspecified atom stereocenters. The van der Waals surface area contributed by atoms with Crippen molar-refractivity contribution in [1.82, 2.24) is 14.4 Å². The van der Waals surface area contributed by atoms with E-state index in [0.29, 0.717) is 11.5 Å². The summed E-state index contributed by atoms with van der Waals surface area (Å²) in [5, 5.41) is 0.958. The number of nitrogens with zero attached hydrogens (tertiary/aromatic N) is 3. The third kappa shape index (κ3) is 3.58. The Morgan fingerprint density at radius 3 is 2.52 bits per heavy atom. The molecule has 0 aliphatic rings. The zero-order valence-corrected chi connectivity index (χ0v) is 15.9. The van der Waals surface area contributed by atoms with E-state index in [1.54, 1.807) is 26.0 Å². The number of hydrogen-bond acceptors (Lipinski definition) is 5. The van der Waals surface area contributed by atoms with Crippen LogP contribution in [0.1, 0.15) is 26.0 Å². The van der Waals surface area contributed by atoms with Gasteiger partial charge in [-0.15, -0.1) is 0 Å². The summed E-state index contributed by atoms with van der Waals surface area (Å²) >= 11 is 1.72. The number of ether oxygens (including phenoxy) is 2. The first-order valence-corrected chi connectivity index (χ1v) is 9.42. The largest absolute Gasteiger partial charge is 0.493 e. The minimum atomic E-state index is 0.696. The molecule has 132 valence electrons. The zero-order chi connectivity index (χ0) is 17.8. The van der Waals surface area contributed by atoms with E-state index in [1.807, 2.05) is 24.3 Å². The number of aromatic nitrogens is 3. The van der Waals surface area contributed by atoms with E-state index >= 15 is 0 Å². The molecule has 0 aliphatic heterocycles. The van der Waals surface area contributed by atoms with Crippen molar-refractivity contribution in [3.63, 3.8) is 0 Å². The molecule has 0 saturated heterocycles. The second-order valence-electron chi connectivity index (χ2n) is 5.64. The zero-order valence-electron chi connectivity index (χ0n) is 15.1. The van der Waals surface area contributed by atoms with Crippen LogP contribution < -0.4 is 9.47 Å². The lowest BCUT2D eigenvalue weighted by molar-refractivity contribution is 0.355. The summed E-state index contributed by atoms with van der Waals surface area (Å²) in [5.41, 5.74) is 3.90. The number of aryl methyl sites for hydroxylation is 1. The number of rotatable bonds is 7. The van der Waals surface area contributed by atoms with Gasteiger partial charge in [-0.3, -0.25) is 4.40 Å². The Morgan fingerprint density at radius 2 is 1.84 bits per heavy atom. The predicted molar refractivity (Wildman–Crippen MR) is 102 cm³/mol. The molecule has 0 amide bonds. The quantitative estimate of drug-likeness (QED) is 0.461. The number of imidazole rings is 1. The Balaban J connectivity index is 2.12. The van der Waals surface area contributed by atoms with E-state index in [1.165, 1.54) is 0 Å². The Hall–Kier alpha value is -2.21. The molecule has 0 bridgehead atoms. The van der Waals surface area contributed by atoms with Gasteiger partial charge in [0.1, 0.15) is 5.65 Å². The minimum absolute atomic E-state index is 0.696. The van der Waals surface area contributed by atoms with Crippen LogP contribution >= 0.6 is 11.8 Å². The third-order valence-corrected chi connectivity index (χ3v) is 4.76. The Morgan fingerprint density at radius 1 is 1.04 bits per heavy atom. The number of thioether (sulfide) groups is 1. The van der Waals surface area contributed by atoms with Gasteiger partial charge in [0, 0.05) is 17.8 Å². The van der Waals surface area contributed by atoms with Crippen molar-refractivity contribution in [3.05, 3.63) is 36.2 Å². The second kappa shape index (κ2) is 7.78. The summed E-state index contributed by atoms with van der Waals surface area (Å²) in [4.78, 5) is 9.62. The fourth-order valence-electron chi connectivity index (χ4n) is 2.76. The van der Waals surface area contributed by atoms with Crippen molar-refractivity contribution in [2.24, 2.45) is 0 Å². The van der Waals surface area contributed by atoms with Gasteiger partial charge in [-0.2, -0.15) is 0 Å². The van der Waals surface area contributed by atoms with Crippen molar-refractivity contribution in [2.75, 3.05) is 20.0 Å². The highest BCUT2D eigenvalue weighted by Gasteiger charge is 2.13. The molecule has 0 saturated carbocycles. The van der Waals surface area contributed by atoms with Gasteiger partial charge < -0.3 is 9.47 Å². The molecular formula is C19H23N3O2S. The van der Waals surface area contributed by atoms with E-state index in [-0.39, 0.29) is 0 Å². The smallest absolute Gasteiger partial charge is 0.174 e. The van der Waals surface area contributed by atoms with Crippen molar-refractivity contribution in [2.45, 2.75) is 31.8 Å². The van der Waals surface area contributed by atoms with Gasteiger partial charge in [-0.1, -0.05) is 32.0 Å². The molecule has 2 aromatic heterocycles. The Bertz CT molecular complexity index is 876. The predicted octanol–water partition coefficient (Wildman–Crippen LogP) is 4.48. The van der Waals surface area contributed by atoms with Gasteiger partial charge in [-0.05, 0) is 30.4 Å². The minimum Gasteiger partial charge on any atom is -0.493 e. The Kier molecular flexibility index (Phi) is 5.48. The average molecular weight is 357 g/mol. The lowest BCUT2D eigenvalue weighted by Gasteiger charge is -2.11. The second-order valence-corrected chi connectivity index (χ2v) is 6.87. The number of benzene rings is 1. The average Bonchev–Trinajstić information content (AvgIpc) is 3.04. The maximum atomic E-state index is 5.42. The molecule has 1 aromatic carbocycles. The van der Waals surface area contributed by atoms with Gasteiger partial charge in [-0.25, -0.2) is 9.97 Å². The number of methoxy groups -OCH3 is 2. The van der Waals surface area contributed by atoms with Crippen LogP contribution in [0.15, 0.2) is 35.6 Å². The van der Waals surface area contributed by atoms with Crippen LogP contribution in [0.4, 0.5) is 0 Å². The summed E-state index contributed by atoms with van der Waals surface area (Å²) in [7, 11) is 3.28. The highest BCUT2D eigenvalue weighted by molar-refractivity contribution is 7.99. The molecule has 5 nitrogen and oxygen atoms in total. The first kappa shape index (κ1) is 17.6. The summed E-state index contributed by atoms with van der Waals surface area (Å²) in [6.45, 7) is 4.30. The van der Waals surface area contributed by atoms with Crippen LogP contribution in [0.3, 0.4) is 0 Å². The van der Waals surface area contributed by atoms with Crippen molar-refractivity contribution >= 4 is 17.4 Å². The normalized spacial score (nSPS) is 11.0. The molecule has 6 heteroatoms. The maximum Gasteiger partial charge on any atom is 0.174 e. The molecule has 0 atom stereocenters. The van der Waals surface area contributed by atoms with Gasteiger partial charge in [0.05, 0.1) is 25.6 Å². The van der Waals surface area contributed by atoms with E-state index < -0.39 is 0 Å². The van der Waals surface area contributed by atoms with Crippen LogP contribution in [0.5, 0.6) is 11.5 Å². The van der Waals surface area contributed by atoms with Crippen molar-refractivity contribution in [3.8, 4) is 22.8 Å². The lowest BCUT2D eigenvalue weighted by atomic mass is 10.1. The highest BCUT2D eigenvalue weighted by Crippen LogP contribution is 2.33. The van der Waals surface area contributed by atoms with Crippen LogP contribution in [-0.2, 0) is 6.42 Å².